The number of carbonyl (C=O) groups is 2. The number of imide groups is 1. The Kier molecular flexibility index (Phi) is 4.65. The molecule has 8 rings (SSSR count). The van der Waals surface area contributed by atoms with Crippen LogP contribution >= 0.6 is 0 Å². The van der Waals surface area contributed by atoms with Crippen LogP contribution in [0.15, 0.2) is 60.0 Å². The zero-order valence-corrected chi connectivity index (χ0v) is 23.1. The van der Waals surface area contributed by atoms with Gasteiger partial charge in [0.1, 0.15) is 5.54 Å². The van der Waals surface area contributed by atoms with Gasteiger partial charge in [-0.15, -0.1) is 0 Å². The van der Waals surface area contributed by atoms with E-state index in [4.69, 9.17) is 4.74 Å². The van der Waals surface area contributed by atoms with E-state index in [1.54, 1.807) is 13.8 Å². The Morgan fingerprint density at radius 3 is 2.74 bits per heavy atom. The number of rotatable bonds is 2. The third kappa shape index (κ3) is 3.04. The maximum absolute atomic E-state index is 13.1. The van der Waals surface area contributed by atoms with E-state index in [0.717, 1.165) is 38.5 Å². The molecule has 6 heteroatoms. The van der Waals surface area contributed by atoms with Gasteiger partial charge >= 0.3 is 6.03 Å². The molecule has 6 atom stereocenters. The molecular weight excluding hydrogens is 486 g/mol. The highest BCUT2D eigenvalue weighted by molar-refractivity contribution is 6.06. The van der Waals surface area contributed by atoms with Crippen LogP contribution in [-0.2, 0) is 9.53 Å². The van der Waals surface area contributed by atoms with Gasteiger partial charge in [-0.3, -0.25) is 14.7 Å². The molecule has 1 N–H and O–H groups in total. The monoisotopic (exact) mass is 523 g/mol. The molecule has 2 aromatic rings. The van der Waals surface area contributed by atoms with E-state index < -0.39 is 5.54 Å². The first-order valence-electron chi connectivity index (χ1n) is 14.8. The number of hydrogen-bond acceptors (Lipinski definition) is 4. The van der Waals surface area contributed by atoms with Gasteiger partial charge in [-0.1, -0.05) is 31.2 Å². The largest absolute Gasteiger partial charge is 0.359 e. The second-order valence-electron chi connectivity index (χ2n) is 13.8. The smallest absolute Gasteiger partial charge is 0.325 e. The zero-order chi connectivity index (χ0) is 26.8. The Bertz CT molecular complexity index is 1510. The summed E-state index contributed by atoms with van der Waals surface area (Å²) < 4.78 is 7.41. The minimum atomic E-state index is -0.839. The average molecular weight is 524 g/mol. The van der Waals surface area contributed by atoms with Gasteiger partial charge in [0.2, 0.25) is 0 Å². The maximum Gasteiger partial charge on any atom is 0.325 e. The van der Waals surface area contributed by atoms with E-state index in [1.165, 1.54) is 38.8 Å². The van der Waals surface area contributed by atoms with Crippen molar-refractivity contribution in [3.05, 3.63) is 65.5 Å². The lowest BCUT2D eigenvalue weighted by Crippen LogP contribution is -2.56. The van der Waals surface area contributed by atoms with E-state index >= 15 is 0 Å². The van der Waals surface area contributed by atoms with Crippen molar-refractivity contribution in [2.24, 2.45) is 11.3 Å². The molecule has 4 heterocycles. The summed E-state index contributed by atoms with van der Waals surface area (Å²) in [6, 6.07) is 8.66. The first-order valence-corrected chi connectivity index (χ1v) is 14.8. The number of pyridine rings is 1. The highest BCUT2D eigenvalue weighted by atomic mass is 16.5. The molecule has 39 heavy (non-hydrogen) atoms. The van der Waals surface area contributed by atoms with Gasteiger partial charge in [-0.05, 0) is 110 Å². The molecule has 3 aliphatic carbocycles. The summed E-state index contributed by atoms with van der Waals surface area (Å²) in [5.74, 6) is 0.824. The number of carbonyl (C=O) groups excluding carboxylic acids is 2. The van der Waals surface area contributed by atoms with Crippen molar-refractivity contribution < 1.29 is 14.3 Å². The molecule has 6 nitrogen and oxygen atoms in total. The fraction of sp³-hybridized carbons (Fsp3) is 0.545. The molecular formula is C33H37N3O3. The molecule has 0 radical (unpaired) electrons. The Morgan fingerprint density at radius 2 is 1.92 bits per heavy atom. The Hall–Kier alpha value is -2.99. The van der Waals surface area contributed by atoms with Crippen molar-refractivity contribution in [3.63, 3.8) is 0 Å². The summed E-state index contributed by atoms with van der Waals surface area (Å²) in [6.45, 7) is 6.09. The molecule has 4 fully saturated rings. The Labute approximate surface area is 229 Å². The lowest BCUT2D eigenvalue weighted by atomic mass is 9.58. The van der Waals surface area contributed by atoms with E-state index in [9.17, 15) is 9.59 Å². The van der Waals surface area contributed by atoms with E-state index in [2.05, 4.69) is 53.6 Å². The average Bonchev–Trinajstić information content (AvgIpc) is 3.49. The molecule has 2 unspecified atom stereocenters. The number of benzene rings is 1. The van der Waals surface area contributed by atoms with Gasteiger partial charge in [-0.2, -0.15) is 0 Å². The van der Waals surface area contributed by atoms with Crippen molar-refractivity contribution in [3.8, 4) is 0 Å². The fourth-order valence-electron chi connectivity index (χ4n) is 9.58. The molecule has 3 amide bonds. The van der Waals surface area contributed by atoms with Crippen LogP contribution in [0.1, 0.15) is 83.6 Å². The summed E-state index contributed by atoms with van der Waals surface area (Å²) in [5, 5.41) is 5.34. The second kappa shape index (κ2) is 7.60. The van der Waals surface area contributed by atoms with Gasteiger partial charge < -0.3 is 10.1 Å². The summed E-state index contributed by atoms with van der Waals surface area (Å²) in [6.07, 6.45) is 16.6. The van der Waals surface area contributed by atoms with Crippen LogP contribution in [0.3, 0.4) is 0 Å². The first kappa shape index (κ1) is 23.9. The summed E-state index contributed by atoms with van der Waals surface area (Å²) in [5.41, 5.74) is 2.86. The van der Waals surface area contributed by atoms with Gasteiger partial charge in [0, 0.05) is 30.2 Å². The predicted molar refractivity (Wildman–Crippen MR) is 149 cm³/mol. The van der Waals surface area contributed by atoms with Crippen LogP contribution < -0.4 is 5.32 Å². The lowest BCUT2D eigenvalue weighted by molar-refractivity contribution is -0.145. The molecule has 202 valence electrons. The highest BCUT2D eigenvalue weighted by Crippen LogP contribution is 2.69. The van der Waals surface area contributed by atoms with Crippen molar-refractivity contribution in [2.45, 2.75) is 101 Å². The standard InChI is InChI=1S/C33H37N3O3/c1-30(2)28(37)36(29(38)35-30)25-7-6-23-17-24-10-12-31(3)26(21-5-4-20-11-15-34-19-22(20)16-21)8-9-27(31)33(24)14-13-32(23,18-25)39-33/h4-5,10-11,15-17,19,25-27H,6-9,12-14,18H2,1-3H3,(H,35,38)/t25-,26?,27-,31?,32-,33-/m1/s1. The summed E-state index contributed by atoms with van der Waals surface area (Å²) in [7, 11) is 0. The lowest BCUT2D eigenvalue weighted by Gasteiger charge is -2.54. The molecule has 2 saturated carbocycles. The second-order valence-corrected chi connectivity index (χ2v) is 13.8. The number of amides is 3. The van der Waals surface area contributed by atoms with E-state index in [-0.39, 0.29) is 34.6 Å². The predicted octanol–water partition coefficient (Wildman–Crippen LogP) is 6.18. The van der Waals surface area contributed by atoms with Crippen LogP contribution in [0.25, 0.3) is 10.8 Å². The highest BCUT2D eigenvalue weighted by Gasteiger charge is 2.67. The molecule has 6 aliphatic rings. The minimum Gasteiger partial charge on any atom is -0.359 e. The number of aromatic nitrogens is 1. The van der Waals surface area contributed by atoms with Gasteiger partial charge in [0.05, 0.1) is 11.2 Å². The molecule has 2 spiro atoms. The van der Waals surface area contributed by atoms with Crippen molar-refractivity contribution in [1.29, 1.82) is 0 Å². The van der Waals surface area contributed by atoms with Crippen molar-refractivity contribution in [1.82, 2.24) is 15.2 Å². The molecule has 2 saturated heterocycles. The number of nitrogens with zero attached hydrogens (tertiary/aromatic N) is 2. The van der Waals surface area contributed by atoms with E-state index in [0.29, 0.717) is 18.3 Å². The molecule has 3 aliphatic heterocycles. The van der Waals surface area contributed by atoms with Gasteiger partial charge in [-0.25, -0.2) is 4.79 Å². The van der Waals surface area contributed by atoms with Gasteiger partial charge in [0.15, 0.2) is 0 Å². The zero-order valence-electron chi connectivity index (χ0n) is 23.1. The van der Waals surface area contributed by atoms with Crippen LogP contribution in [0.2, 0.25) is 0 Å². The normalized spacial score (nSPS) is 40.1. The van der Waals surface area contributed by atoms with Gasteiger partial charge in [0.25, 0.3) is 5.91 Å². The Morgan fingerprint density at radius 1 is 1.05 bits per heavy atom. The number of fused-ring (bicyclic) bond motifs is 2. The van der Waals surface area contributed by atoms with Crippen molar-refractivity contribution in [2.75, 3.05) is 0 Å². The summed E-state index contributed by atoms with van der Waals surface area (Å²) in [4.78, 5) is 31.9. The molecule has 2 bridgehead atoms. The molecule has 1 aromatic carbocycles. The number of nitrogens with one attached hydrogen (secondary N) is 1. The topological polar surface area (TPSA) is 71.5 Å². The number of urea groups is 1. The van der Waals surface area contributed by atoms with Crippen LogP contribution in [0.4, 0.5) is 4.79 Å². The minimum absolute atomic E-state index is 0.111. The number of ether oxygens (including phenoxy) is 1. The van der Waals surface area contributed by atoms with E-state index in [1.807, 2.05) is 12.4 Å². The third-order valence-electron chi connectivity index (χ3n) is 11.5. The quantitative estimate of drug-likeness (QED) is 0.478. The third-order valence-corrected chi connectivity index (χ3v) is 11.5. The summed E-state index contributed by atoms with van der Waals surface area (Å²) >= 11 is 0. The van der Waals surface area contributed by atoms with Crippen LogP contribution in [-0.4, -0.2) is 44.6 Å². The van der Waals surface area contributed by atoms with Crippen LogP contribution in [0.5, 0.6) is 0 Å². The first-order chi connectivity index (χ1) is 18.7. The molecule has 1 aromatic heterocycles. The van der Waals surface area contributed by atoms with Crippen LogP contribution in [0, 0.1) is 11.3 Å². The SMILES string of the molecule is CC1(C)NC(=O)N([C@@H]2CCC3=CC4=CCC5(C)C(c6ccc7ccncc7c6)CC[C@H]5[C@@]45CC[C@]3(C2)O5)C1=O. The Balaban J connectivity index is 1.13. The number of hydrogen-bond donors (Lipinski definition) is 1. The van der Waals surface area contributed by atoms with Crippen molar-refractivity contribution >= 4 is 22.7 Å². The maximum atomic E-state index is 13.1. The number of allylic oxidation sites excluding steroid dienone is 1. The fourth-order valence-corrected chi connectivity index (χ4v) is 9.58.